The van der Waals surface area contributed by atoms with Crippen molar-refractivity contribution in [2.45, 2.75) is 44.8 Å². The number of aliphatic hydroxyl groups is 1. The Hall–Kier alpha value is -2.56. The molecule has 2 aromatic rings. The van der Waals surface area contributed by atoms with Gasteiger partial charge in [0, 0.05) is 24.5 Å². The number of nitriles is 1. The number of hydrogen-bond acceptors (Lipinski definition) is 6. The van der Waals surface area contributed by atoms with Gasteiger partial charge in [-0.3, -0.25) is 14.8 Å². The summed E-state index contributed by atoms with van der Waals surface area (Å²) in [7, 11) is 0. The van der Waals surface area contributed by atoms with Crippen molar-refractivity contribution in [2.75, 3.05) is 13.1 Å². The zero-order valence-corrected chi connectivity index (χ0v) is 16.9. The molecule has 1 aromatic carbocycles. The highest BCUT2D eigenvalue weighted by atomic mass is 16.3. The number of fused-ring (bicyclic) bond motifs is 1. The first-order chi connectivity index (χ1) is 13.9. The van der Waals surface area contributed by atoms with E-state index in [9.17, 15) is 15.2 Å². The number of benzene rings is 1. The summed E-state index contributed by atoms with van der Waals surface area (Å²) >= 11 is 0. The monoisotopic (exact) mass is 393 g/mol. The Kier molecular flexibility index (Phi) is 5.24. The Labute approximate surface area is 170 Å². The van der Waals surface area contributed by atoms with Crippen LogP contribution in [0, 0.1) is 29.1 Å². The molecule has 0 unspecified atom stereocenters. The summed E-state index contributed by atoms with van der Waals surface area (Å²) in [5.74, 6) is 0.562. The van der Waals surface area contributed by atoms with Crippen LogP contribution in [-0.2, 0) is 10.3 Å². The number of nitrogens with one attached hydrogen (secondary N) is 2. The van der Waals surface area contributed by atoms with Crippen LogP contribution >= 0.6 is 0 Å². The van der Waals surface area contributed by atoms with Crippen LogP contribution < -0.4 is 10.6 Å². The van der Waals surface area contributed by atoms with Crippen molar-refractivity contribution in [1.82, 2.24) is 20.6 Å². The van der Waals surface area contributed by atoms with Gasteiger partial charge in [0.05, 0.1) is 16.6 Å². The quantitative estimate of drug-likeness (QED) is 0.715. The topological polar surface area (TPSA) is 111 Å². The number of hydrogen-bond donors (Lipinski definition) is 3. The molecular weight excluding hydrogens is 366 g/mol. The minimum atomic E-state index is -1.08. The smallest absolute Gasteiger partial charge is 0.249 e. The standard InChI is InChI=1S/C22H27N5O2/c1-13(2)20(28)21(29)27-22(9-16(11-24-12-22)14-3-4-14)17-6-5-15(10-23)18-19(17)26-8-7-25-18/h5-8,13-14,16,20,24,28H,3-4,9,11-12H2,1-2H3,(H,27,29)/t16-,20-,22-/m0/s1. The first-order valence-corrected chi connectivity index (χ1v) is 10.3. The number of aliphatic hydroxyl groups excluding tert-OH is 1. The van der Waals surface area contributed by atoms with Gasteiger partial charge in [0.1, 0.15) is 17.7 Å². The van der Waals surface area contributed by atoms with Gasteiger partial charge in [-0.2, -0.15) is 5.26 Å². The molecule has 1 saturated heterocycles. The molecule has 3 atom stereocenters. The molecule has 7 nitrogen and oxygen atoms in total. The molecule has 1 aliphatic carbocycles. The predicted molar refractivity (Wildman–Crippen MR) is 109 cm³/mol. The zero-order valence-electron chi connectivity index (χ0n) is 16.9. The van der Waals surface area contributed by atoms with Gasteiger partial charge in [-0.05, 0) is 49.6 Å². The van der Waals surface area contributed by atoms with Crippen LogP contribution in [-0.4, -0.2) is 40.2 Å². The number of carbonyl (C=O) groups excluding carboxylic acids is 1. The third-order valence-corrected chi connectivity index (χ3v) is 6.26. The van der Waals surface area contributed by atoms with Crippen LogP contribution in [0.4, 0.5) is 0 Å². The Morgan fingerprint density at radius 3 is 2.66 bits per heavy atom. The molecular formula is C22H27N5O2. The molecule has 0 radical (unpaired) electrons. The lowest BCUT2D eigenvalue weighted by molar-refractivity contribution is -0.134. The normalized spacial score (nSPS) is 25.6. The lowest BCUT2D eigenvalue weighted by Gasteiger charge is -2.43. The van der Waals surface area contributed by atoms with Gasteiger partial charge in [0.2, 0.25) is 5.91 Å². The molecule has 0 spiro atoms. The van der Waals surface area contributed by atoms with Gasteiger partial charge >= 0.3 is 0 Å². The van der Waals surface area contributed by atoms with Gasteiger partial charge < -0.3 is 15.7 Å². The fourth-order valence-electron chi connectivity index (χ4n) is 4.48. The van der Waals surface area contributed by atoms with Crippen molar-refractivity contribution >= 4 is 16.9 Å². The second-order valence-corrected chi connectivity index (χ2v) is 8.72. The van der Waals surface area contributed by atoms with Crippen LogP contribution in [0.3, 0.4) is 0 Å². The summed E-state index contributed by atoms with van der Waals surface area (Å²) in [5.41, 5.74) is 1.77. The molecule has 1 aliphatic heterocycles. The third-order valence-electron chi connectivity index (χ3n) is 6.26. The lowest BCUT2D eigenvalue weighted by Crippen LogP contribution is -2.60. The maximum Gasteiger partial charge on any atom is 0.249 e. The van der Waals surface area contributed by atoms with Gasteiger partial charge in [-0.15, -0.1) is 0 Å². The number of carbonyl (C=O) groups is 1. The summed E-state index contributed by atoms with van der Waals surface area (Å²) in [6.45, 7) is 5.12. The summed E-state index contributed by atoms with van der Waals surface area (Å²) < 4.78 is 0. The lowest BCUT2D eigenvalue weighted by atomic mass is 9.75. The number of nitrogens with zero attached hydrogens (tertiary/aromatic N) is 3. The largest absolute Gasteiger partial charge is 0.383 e. The second-order valence-electron chi connectivity index (χ2n) is 8.72. The predicted octanol–water partition coefficient (Wildman–Crippen LogP) is 1.85. The van der Waals surface area contributed by atoms with E-state index in [-0.39, 0.29) is 11.8 Å². The van der Waals surface area contributed by atoms with E-state index in [1.54, 1.807) is 18.5 Å². The number of amides is 1. The summed E-state index contributed by atoms with van der Waals surface area (Å²) in [4.78, 5) is 21.8. The van der Waals surface area contributed by atoms with E-state index in [4.69, 9.17) is 0 Å². The molecule has 2 fully saturated rings. The van der Waals surface area contributed by atoms with Crippen LogP contribution in [0.1, 0.15) is 44.2 Å². The zero-order chi connectivity index (χ0) is 20.6. The molecule has 7 heteroatoms. The number of piperidine rings is 1. The summed E-state index contributed by atoms with van der Waals surface area (Å²) in [6.07, 6.45) is 5.33. The fraction of sp³-hybridized carbons (Fsp3) is 0.545. The summed E-state index contributed by atoms with van der Waals surface area (Å²) in [5, 5.41) is 26.5. The Morgan fingerprint density at radius 1 is 1.28 bits per heavy atom. The number of aromatic nitrogens is 2. The molecule has 3 N–H and O–H groups in total. The number of rotatable bonds is 5. The van der Waals surface area contributed by atoms with Gasteiger partial charge in [0.25, 0.3) is 0 Å². The van der Waals surface area contributed by atoms with Crippen LogP contribution in [0.2, 0.25) is 0 Å². The fourth-order valence-corrected chi connectivity index (χ4v) is 4.48. The highest BCUT2D eigenvalue weighted by Crippen LogP contribution is 2.45. The molecule has 4 rings (SSSR count). The maximum atomic E-state index is 12.9. The van der Waals surface area contributed by atoms with E-state index in [0.717, 1.165) is 18.5 Å². The molecule has 0 bridgehead atoms. The maximum absolute atomic E-state index is 12.9. The van der Waals surface area contributed by atoms with Gasteiger partial charge in [-0.1, -0.05) is 19.9 Å². The van der Waals surface area contributed by atoms with E-state index in [0.29, 0.717) is 35.0 Å². The van der Waals surface area contributed by atoms with Gasteiger partial charge in [0.15, 0.2) is 0 Å². The molecule has 1 saturated carbocycles. The van der Waals surface area contributed by atoms with Crippen molar-refractivity contribution in [3.63, 3.8) is 0 Å². The van der Waals surface area contributed by atoms with E-state index >= 15 is 0 Å². The average molecular weight is 393 g/mol. The minimum Gasteiger partial charge on any atom is -0.383 e. The van der Waals surface area contributed by atoms with Crippen LogP contribution in [0.25, 0.3) is 11.0 Å². The molecule has 152 valence electrons. The minimum absolute atomic E-state index is 0.180. The van der Waals surface area contributed by atoms with E-state index in [1.807, 2.05) is 19.9 Å². The average Bonchev–Trinajstić information content (AvgIpc) is 3.57. The van der Waals surface area contributed by atoms with Crippen molar-refractivity contribution in [1.29, 1.82) is 5.26 Å². The van der Waals surface area contributed by atoms with Crippen LogP contribution in [0.15, 0.2) is 24.5 Å². The van der Waals surface area contributed by atoms with E-state index < -0.39 is 11.6 Å². The highest BCUT2D eigenvalue weighted by molar-refractivity contribution is 5.87. The third kappa shape index (κ3) is 3.70. The van der Waals surface area contributed by atoms with E-state index in [2.05, 4.69) is 26.7 Å². The molecule has 1 amide bonds. The van der Waals surface area contributed by atoms with Crippen molar-refractivity contribution < 1.29 is 9.90 Å². The van der Waals surface area contributed by atoms with Gasteiger partial charge in [-0.25, -0.2) is 0 Å². The van der Waals surface area contributed by atoms with Crippen LogP contribution in [0.5, 0.6) is 0 Å². The Balaban J connectivity index is 1.82. The van der Waals surface area contributed by atoms with E-state index in [1.165, 1.54) is 12.8 Å². The Bertz CT molecular complexity index is 965. The molecule has 29 heavy (non-hydrogen) atoms. The van der Waals surface area contributed by atoms with Crippen molar-refractivity contribution in [3.05, 3.63) is 35.7 Å². The van der Waals surface area contributed by atoms with Crippen molar-refractivity contribution in [2.24, 2.45) is 17.8 Å². The summed E-state index contributed by atoms with van der Waals surface area (Å²) in [6, 6.07) is 5.81. The Morgan fingerprint density at radius 2 is 2.00 bits per heavy atom. The molecule has 2 heterocycles. The highest BCUT2D eigenvalue weighted by Gasteiger charge is 2.45. The first kappa shape index (κ1) is 19.7. The van der Waals surface area contributed by atoms with Crippen molar-refractivity contribution in [3.8, 4) is 6.07 Å². The second kappa shape index (κ2) is 7.69. The molecule has 2 aliphatic rings. The molecule has 1 aromatic heterocycles. The first-order valence-electron chi connectivity index (χ1n) is 10.3. The SMILES string of the molecule is CC(C)[C@H](O)C(=O)N[C@]1(c2ccc(C#N)c3nccnc23)CNC[C@@H](C2CC2)C1.